The van der Waals surface area contributed by atoms with Gasteiger partial charge in [0.15, 0.2) is 0 Å². The van der Waals surface area contributed by atoms with E-state index in [1.165, 1.54) is 12.1 Å². The molecular formula is C19H19Cl2FN2O2. The number of hydrogen-bond donors (Lipinski definition) is 2. The molecule has 2 aromatic carbocycles. The van der Waals surface area contributed by atoms with Crippen molar-refractivity contribution < 1.29 is 14.0 Å². The van der Waals surface area contributed by atoms with Gasteiger partial charge in [-0.05, 0) is 43.2 Å². The van der Waals surface area contributed by atoms with Gasteiger partial charge in [-0.1, -0.05) is 41.4 Å². The molecule has 0 heterocycles. The van der Waals surface area contributed by atoms with E-state index in [2.05, 4.69) is 10.6 Å². The molecule has 2 rings (SSSR count). The molecule has 0 saturated heterocycles. The van der Waals surface area contributed by atoms with Gasteiger partial charge < -0.3 is 10.6 Å². The van der Waals surface area contributed by atoms with Crippen molar-refractivity contribution in [1.82, 2.24) is 10.6 Å². The van der Waals surface area contributed by atoms with Crippen LogP contribution in [0.3, 0.4) is 0 Å². The molecule has 0 aliphatic heterocycles. The Kier molecular flexibility index (Phi) is 7.00. The van der Waals surface area contributed by atoms with E-state index in [1.54, 1.807) is 19.1 Å². The molecule has 1 atom stereocenters. The summed E-state index contributed by atoms with van der Waals surface area (Å²) in [6, 6.07) is 9.22. The van der Waals surface area contributed by atoms with Crippen LogP contribution < -0.4 is 10.6 Å². The number of carbonyl (C=O) groups excluding carboxylic acids is 2. The second-order valence-electron chi connectivity index (χ2n) is 5.90. The third-order valence-electron chi connectivity index (χ3n) is 3.91. The molecule has 0 spiro atoms. The van der Waals surface area contributed by atoms with Crippen LogP contribution in [0.4, 0.5) is 4.39 Å². The lowest BCUT2D eigenvalue weighted by atomic mass is 10.1. The summed E-state index contributed by atoms with van der Waals surface area (Å²) in [7, 11) is 0. The van der Waals surface area contributed by atoms with E-state index >= 15 is 0 Å². The zero-order chi connectivity index (χ0) is 19.3. The van der Waals surface area contributed by atoms with E-state index < -0.39 is 11.9 Å². The predicted octanol–water partition coefficient (Wildman–Crippen LogP) is 4.44. The minimum atomic E-state index is -0.599. The standard InChI is InChI=1S/C19H19Cl2FN2O2/c1-11-5-3-4-6-13(11)19(26)23-8-7-18(25)24-12(2)14-9-17(22)16(21)10-15(14)20/h3-6,9-10,12H,7-8H2,1-2H3,(H,23,26)(H,24,25)/t12-/m1/s1. The molecule has 26 heavy (non-hydrogen) atoms. The predicted molar refractivity (Wildman–Crippen MR) is 101 cm³/mol. The zero-order valence-electron chi connectivity index (χ0n) is 14.4. The highest BCUT2D eigenvalue weighted by Gasteiger charge is 2.16. The molecule has 0 bridgehead atoms. The Bertz CT molecular complexity index is 827. The van der Waals surface area contributed by atoms with Crippen LogP contribution in [0, 0.1) is 12.7 Å². The summed E-state index contributed by atoms with van der Waals surface area (Å²) >= 11 is 11.7. The molecule has 0 saturated carbocycles. The number of rotatable bonds is 6. The highest BCUT2D eigenvalue weighted by Crippen LogP contribution is 2.28. The Morgan fingerprint density at radius 2 is 1.85 bits per heavy atom. The molecule has 0 aromatic heterocycles. The van der Waals surface area contributed by atoms with E-state index in [4.69, 9.17) is 23.2 Å². The highest BCUT2D eigenvalue weighted by molar-refractivity contribution is 6.35. The lowest BCUT2D eigenvalue weighted by molar-refractivity contribution is -0.121. The van der Waals surface area contributed by atoms with Crippen LogP contribution in [-0.2, 0) is 4.79 Å². The van der Waals surface area contributed by atoms with E-state index in [0.29, 0.717) is 11.1 Å². The SMILES string of the molecule is Cc1ccccc1C(=O)NCCC(=O)N[C@H](C)c1cc(F)c(Cl)cc1Cl. The average molecular weight is 397 g/mol. The fourth-order valence-corrected chi connectivity index (χ4v) is 3.02. The van der Waals surface area contributed by atoms with E-state index in [9.17, 15) is 14.0 Å². The molecule has 0 radical (unpaired) electrons. The Balaban J connectivity index is 1.86. The molecule has 0 aliphatic rings. The van der Waals surface area contributed by atoms with Crippen LogP contribution in [0.1, 0.15) is 40.9 Å². The van der Waals surface area contributed by atoms with Crippen LogP contribution in [0.25, 0.3) is 0 Å². The van der Waals surface area contributed by atoms with Crippen molar-refractivity contribution in [3.8, 4) is 0 Å². The number of benzene rings is 2. The van der Waals surface area contributed by atoms with Crippen LogP contribution in [0.2, 0.25) is 10.0 Å². The summed E-state index contributed by atoms with van der Waals surface area (Å²) < 4.78 is 13.6. The normalized spacial score (nSPS) is 11.7. The molecule has 7 heteroatoms. The van der Waals surface area contributed by atoms with Crippen molar-refractivity contribution in [2.24, 2.45) is 0 Å². The van der Waals surface area contributed by atoms with E-state index in [-0.39, 0.29) is 34.8 Å². The molecule has 0 unspecified atom stereocenters. The van der Waals surface area contributed by atoms with Crippen LogP contribution >= 0.6 is 23.2 Å². The first-order valence-corrected chi connectivity index (χ1v) is 8.82. The third kappa shape index (κ3) is 5.19. The molecule has 2 N–H and O–H groups in total. The van der Waals surface area contributed by atoms with Crippen LogP contribution in [-0.4, -0.2) is 18.4 Å². The van der Waals surface area contributed by atoms with Gasteiger partial charge in [0.1, 0.15) is 5.82 Å². The largest absolute Gasteiger partial charge is 0.352 e. The maximum atomic E-state index is 13.6. The van der Waals surface area contributed by atoms with Gasteiger partial charge in [0.05, 0.1) is 11.1 Å². The summed E-state index contributed by atoms with van der Waals surface area (Å²) in [5, 5.41) is 5.63. The van der Waals surface area contributed by atoms with Crippen molar-refractivity contribution in [3.05, 3.63) is 69.0 Å². The van der Waals surface area contributed by atoms with Crippen molar-refractivity contribution in [3.63, 3.8) is 0 Å². The molecule has 2 aromatic rings. The topological polar surface area (TPSA) is 58.2 Å². The maximum absolute atomic E-state index is 13.6. The fraction of sp³-hybridized carbons (Fsp3) is 0.263. The summed E-state index contributed by atoms with van der Waals surface area (Å²) in [4.78, 5) is 24.1. The Morgan fingerprint density at radius 1 is 1.15 bits per heavy atom. The van der Waals surface area contributed by atoms with Gasteiger partial charge in [0.25, 0.3) is 5.91 Å². The number of hydrogen-bond acceptors (Lipinski definition) is 2. The monoisotopic (exact) mass is 396 g/mol. The van der Waals surface area contributed by atoms with Crippen molar-refractivity contribution in [2.45, 2.75) is 26.3 Å². The zero-order valence-corrected chi connectivity index (χ0v) is 15.9. The van der Waals surface area contributed by atoms with Crippen molar-refractivity contribution in [2.75, 3.05) is 6.54 Å². The van der Waals surface area contributed by atoms with E-state index in [1.807, 2.05) is 19.1 Å². The minimum Gasteiger partial charge on any atom is -0.352 e. The van der Waals surface area contributed by atoms with Gasteiger partial charge in [-0.15, -0.1) is 0 Å². The molecule has 0 fully saturated rings. The summed E-state index contributed by atoms with van der Waals surface area (Å²) in [6.07, 6.45) is 0.0929. The van der Waals surface area contributed by atoms with Crippen LogP contribution in [0.15, 0.2) is 36.4 Å². The number of carbonyl (C=O) groups is 2. The lowest BCUT2D eigenvalue weighted by Gasteiger charge is -2.16. The van der Waals surface area contributed by atoms with E-state index in [0.717, 1.165) is 5.56 Å². The Labute approximate surface area is 161 Å². The first-order valence-electron chi connectivity index (χ1n) is 8.07. The Hall–Kier alpha value is -2.11. The molecular weight excluding hydrogens is 378 g/mol. The second kappa shape index (κ2) is 9.01. The van der Waals surface area contributed by atoms with Gasteiger partial charge in [0.2, 0.25) is 5.91 Å². The number of aryl methyl sites for hydroxylation is 1. The number of nitrogens with one attached hydrogen (secondary N) is 2. The molecule has 0 aliphatic carbocycles. The quantitative estimate of drug-likeness (QED) is 0.709. The fourth-order valence-electron chi connectivity index (χ4n) is 2.47. The first-order chi connectivity index (χ1) is 12.3. The first kappa shape index (κ1) is 20.2. The summed E-state index contributed by atoms with van der Waals surface area (Å²) in [5.74, 6) is -1.11. The number of halogens is 3. The van der Waals surface area contributed by atoms with Gasteiger partial charge in [-0.2, -0.15) is 0 Å². The Morgan fingerprint density at radius 3 is 2.54 bits per heavy atom. The molecule has 138 valence electrons. The van der Waals surface area contributed by atoms with Crippen molar-refractivity contribution >= 4 is 35.0 Å². The van der Waals surface area contributed by atoms with Gasteiger partial charge in [-0.25, -0.2) is 4.39 Å². The third-order valence-corrected chi connectivity index (χ3v) is 4.53. The number of amides is 2. The summed E-state index contributed by atoms with van der Waals surface area (Å²) in [5.41, 5.74) is 1.87. The maximum Gasteiger partial charge on any atom is 0.251 e. The second-order valence-corrected chi connectivity index (χ2v) is 6.71. The molecule has 2 amide bonds. The van der Waals surface area contributed by atoms with Gasteiger partial charge >= 0.3 is 0 Å². The smallest absolute Gasteiger partial charge is 0.251 e. The van der Waals surface area contributed by atoms with Crippen LogP contribution in [0.5, 0.6) is 0 Å². The van der Waals surface area contributed by atoms with Crippen molar-refractivity contribution in [1.29, 1.82) is 0 Å². The lowest BCUT2D eigenvalue weighted by Crippen LogP contribution is -2.32. The highest BCUT2D eigenvalue weighted by atomic mass is 35.5. The minimum absolute atomic E-state index is 0.0730. The molecule has 4 nitrogen and oxygen atoms in total. The summed E-state index contributed by atoms with van der Waals surface area (Å²) in [6.45, 7) is 3.73. The average Bonchev–Trinajstić information content (AvgIpc) is 2.58. The van der Waals surface area contributed by atoms with Gasteiger partial charge in [-0.3, -0.25) is 9.59 Å². The van der Waals surface area contributed by atoms with Gasteiger partial charge in [0, 0.05) is 23.6 Å².